The van der Waals surface area contributed by atoms with E-state index in [2.05, 4.69) is 24.1 Å². The van der Waals surface area contributed by atoms with Gasteiger partial charge in [-0.1, -0.05) is 50.2 Å². The first kappa shape index (κ1) is 18.4. The number of likely N-dealkylation sites (tertiary alicyclic amines) is 1. The number of urea groups is 1. The number of carbonyl (C=O) groups is 2. The zero-order valence-electron chi connectivity index (χ0n) is 16.5. The van der Waals surface area contributed by atoms with Gasteiger partial charge in [0, 0.05) is 18.5 Å². The van der Waals surface area contributed by atoms with Crippen LogP contribution in [0, 0.1) is 5.92 Å². The summed E-state index contributed by atoms with van der Waals surface area (Å²) < 4.78 is 0. The zero-order valence-corrected chi connectivity index (χ0v) is 17.4. The number of amides is 3. The van der Waals surface area contributed by atoms with Crippen molar-refractivity contribution in [3.63, 3.8) is 0 Å². The van der Waals surface area contributed by atoms with E-state index in [1.165, 1.54) is 4.90 Å². The molecule has 0 saturated carbocycles. The molecule has 150 valence electrons. The third kappa shape index (κ3) is 2.71. The summed E-state index contributed by atoms with van der Waals surface area (Å²) >= 11 is 5.60. The van der Waals surface area contributed by atoms with Gasteiger partial charge in [0.1, 0.15) is 6.04 Å². The number of imide groups is 1. The lowest BCUT2D eigenvalue weighted by Gasteiger charge is -2.36. The Morgan fingerprint density at radius 1 is 1.17 bits per heavy atom. The van der Waals surface area contributed by atoms with Gasteiger partial charge in [0.15, 0.2) is 5.11 Å². The minimum Gasteiger partial charge on any atom is -0.362 e. The Hall–Kier alpha value is -2.67. The minimum absolute atomic E-state index is 0.0280. The molecule has 0 aliphatic carbocycles. The molecule has 29 heavy (non-hydrogen) atoms. The fourth-order valence-electron chi connectivity index (χ4n) is 4.91. The van der Waals surface area contributed by atoms with E-state index in [-0.39, 0.29) is 24.0 Å². The zero-order chi connectivity index (χ0) is 20.3. The van der Waals surface area contributed by atoms with Gasteiger partial charge in [-0.25, -0.2) is 9.69 Å². The lowest BCUT2D eigenvalue weighted by atomic mass is 10.1. The van der Waals surface area contributed by atoms with Crippen molar-refractivity contribution in [1.82, 2.24) is 15.1 Å². The molecule has 0 aromatic heterocycles. The van der Waals surface area contributed by atoms with Crippen molar-refractivity contribution in [2.75, 3.05) is 18.0 Å². The van der Waals surface area contributed by atoms with Gasteiger partial charge in [-0.3, -0.25) is 4.79 Å². The molecule has 2 bridgehead atoms. The van der Waals surface area contributed by atoms with Crippen molar-refractivity contribution in [2.45, 2.75) is 38.4 Å². The van der Waals surface area contributed by atoms with Crippen molar-refractivity contribution in [3.8, 4) is 0 Å². The highest BCUT2D eigenvalue weighted by molar-refractivity contribution is 7.80. The van der Waals surface area contributed by atoms with Crippen molar-refractivity contribution in [3.05, 3.63) is 42.5 Å². The monoisotopic (exact) mass is 408 g/mol. The molecular formula is C22H24N4O2S. The Balaban J connectivity index is 1.45. The van der Waals surface area contributed by atoms with Crippen LogP contribution in [0.25, 0.3) is 10.8 Å². The number of anilines is 1. The average molecular weight is 409 g/mol. The largest absolute Gasteiger partial charge is 0.362 e. The van der Waals surface area contributed by atoms with Gasteiger partial charge in [0.2, 0.25) is 0 Å². The lowest BCUT2D eigenvalue weighted by molar-refractivity contribution is -0.120. The smallest absolute Gasteiger partial charge is 0.332 e. The van der Waals surface area contributed by atoms with Crippen molar-refractivity contribution in [2.24, 2.45) is 5.92 Å². The van der Waals surface area contributed by atoms with Gasteiger partial charge in [0.05, 0.1) is 17.8 Å². The Morgan fingerprint density at radius 3 is 2.72 bits per heavy atom. The van der Waals surface area contributed by atoms with E-state index >= 15 is 0 Å². The number of piperazine rings is 1. The first-order chi connectivity index (χ1) is 14.0. The van der Waals surface area contributed by atoms with Gasteiger partial charge in [-0.15, -0.1) is 0 Å². The number of hydrogen-bond acceptors (Lipinski definition) is 3. The van der Waals surface area contributed by atoms with Gasteiger partial charge < -0.3 is 15.1 Å². The van der Waals surface area contributed by atoms with E-state index in [9.17, 15) is 9.59 Å². The number of thiocarbonyl (C=S) groups is 1. The van der Waals surface area contributed by atoms with Gasteiger partial charge in [-0.05, 0) is 36.0 Å². The van der Waals surface area contributed by atoms with Crippen LogP contribution in [0.3, 0.4) is 0 Å². The maximum Gasteiger partial charge on any atom is 0.332 e. The molecule has 3 amide bonds. The summed E-state index contributed by atoms with van der Waals surface area (Å²) in [6.07, 6.45) is 0.801. The van der Waals surface area contributed by atoms with E-state index in [1.54, 1.807) is 4.90 Å². The second-order valence-corrected chi connectivity index (χ2v) is 8.88. The number of benzene rings is 2. The van der Waals surface area contributed by atoms with Gasteiger partial charge >= 0.3 is 6.03 Å². The highest BCUT2D eigenvalue weighted by atomic mass is 32.1. The summed E-state index contributed by atoms with van der Waals surface area (Å²) in [5, 5.41) is 5.93. The fraction of sp³-hybridized carbons (Fsp3) is 0.409. The average Bonchev–Trinajstić information content (AvgIpc) is 3.37. The van der Waals surface area contributed by atoms with E-state index in [0.29, 0.717) is 23.3 Å². The molecular weight excluding hydrogens is 384 g/mol. The molecule has 3 aliphatic heterocycles. The quantitative estimate of drug-likeness (QED) is 0.625. The number of hydrogen-bond donors (Lipinski definition) is 1. The Morgan fingerprint density at radius 2 is 1.93 bits per heavy atom. The summed E-state index contributed by atoms with van der Waals surface area (Å²) in [4.78, 5) is 32.0. The third-order valence-electron chi connectivity index (χ3n) is 6.19. The number of fused-ring (bicyclic) bond motifs is 6. The van der Waals surface area contributed by atoms with E-state index in [1.807, 2.05) is 42.5 Å². The SMILES string of the molecule is CC(C)CNC(=S)N1C[C@H]2CC1C1C(=O)N(c3cccc4ccccc34)C(=O)N12. The Kier molecular flexibility index (Phi) is 4.24. The Bertz CT molecular complexity index is 1020. The molecule has 3 aliphatic rings. The van der Waals surface area contributed by atoms with Crippen LogP contribution in [0.15, 0.2) is 42.5 Å². The van der Waals surface area contributed by atoms with Crippen LogP contribution in [0.5, 0.6) is 0 Å². The van der Waals surface area contributed by atoms with Crippen LogP contribution in [0.4, 0.5) is 10.5 Å². The molecule has 6 nitrogen and oxygen atoms in total. The molecule has 1 N–H and O–H groups in total. The summed E-state index contributed by atoms with van der Waals surface area (Å²) in [6, 6.07) is 12.9. The fourth-order valence-corrected chi connectivity index (χ4v) is 5.20. The lowest BCUT2D eigenvalue weighted by Crippen LogP contribution is -2.57. The summed E-state index contributed by atoms with van der Waals surface area (Å²) in [5.41, 5.74) is 0.666. The van der Waals surface area contributed by atoms with E-state index in [0.717, 1.165) is 23.7 Å². The molecule has 3 atom stereocenters. The minimum atomic E-state index is -0.459. The van der Waals surface area contributed by atoms with Crippen LogP contribution in [0.2, 0.25) is 0 Å². The second kappa shape index (κ2) is 6.69. The first-order valence-corrected chi connectivity index (χ1v) is 10.6. The number of nitrogens with zero attached hydrogens (tertiary/aromatic N) is 3. The maximum absolute atomic E-state index is 13.4. The molecule has 3 fully saturated rings. The van der Waals surface area contributed by atoms with Crippen LogP contribution in [-0.4, -0.2) is 58.1 Å². The van der Waals surface area contributed by atoms with Crippen molar-refractivity contribution in [1.29, 1.82) is 0 Å². The predicted molar refractivity (Wildman–Crippen MR) is 117 cm³/mol. The predicted octanol–water partition coefficient (Wildman–Crippen LogP) is 2.96. The second-order valence-electron chi connectivity index (χ2n) is 8.50. The van der Waals surface area contributed by atoms with Crippen molar-refractivity contribution >= 4 is 45.7 Å². The highest BCUT2D eigenvalue weighted by Crippen LogP contribution is 2.43. The molecule has 0 radical (unpaired) electrons. The van der Waals surface area contributed by atoms with Gasteiger partial charge in [-0.2, -0.15) is 0 Å². The number of rotatable bonds is 3. The normalized spacial score (nSPS) is 25.5. The molecule has 5 rings (SSSR count). The van der Waals surface area contributed by atoms with Gasteiger partial charge in [0.25, 0.3) is 5.91 Å². The molecule has 2 aromatic carbocycles. The molecule has 3 heterocycles. The summed E-state index contributed by atoms with van der Waals surface area (Å²) in [7, 11) is 0. The third-order valence-corrected chi connectivity index (χ3v) is 6.57. The maximum atomic E-state index is 13.4. The molecule has 3 saturated heterocycles. The molecule has 7 heteroatoms. The summed E-state index contributed by atoms with van der Waals surface area (Å²) in [6.45, 7) is 5.76. The number of carbonyl (C=O) groups excluding carboxylic acids is 2. The standard InChI is InChI=1S/C22H24N4O2S/c1-13(2)11-23-21(29)24-12-15-10-18(24)19-20(27)26(22(28)25(15)19)17-9-5-7-14-6-3-4-8-16(14)17/h3-9,13,15,18-19H,10-12H2,1-2H3,(H,23,29)/t15-,18?,19?/m1/s1. The highest BCUT2D eigenvalue weighted by Gasteiger charge is 2.62. The Labute approximate surface area is 175 Å². The molecule has 0 spiro atoms. The van der Waals surface area contributed by atoms with Crippen LogP contribution in [-0.2, 0) is 4.79 Å². The summed E-state index contributed by atoms with van der Waals surface area (Å²) in [5.74, 6) is 0.344. The van der Waals surface area contributed by atoms with Crippen LogP contribution in [0.1, 0.15) is 20.3 Å². The van der Waals surface area contributed by atoms with Crippen LogP contribution < -0.4 is 10.2 Å². The van der Waals surface area contributed by atoms with E-state index < -0.39 is 6.04 Å². The molecule has 2 unspecified atom stereocenters. The molecule has 2 aromatic rings. The van der Waals surface area contributed by atoms with Crippen molar-refractivity contribution < 1.29 is 9.59 Å². The topological polar surface area (TPSA) is 55.9 Å². The van der Waals surface area contributed by atoms with Crippen LogP contribution >= 0.6 is 12.2 Å². The number of nitrogens with one attached hydrogen (secondary N) is 1. The van der Waals surface area contributed by atoms with E-state index in [4.69, 9.17) is 12.2 Å². The first-order valence-electron chi connectivity index (χ1n) is 10.2.